The lowest BCUT2D eigenvalue weighted by atomic mass is 10.1. The maximum atomic E-state index is 14.3. The van der Waals surface area contributed by atoms with Gasteiger partial charge in [-0.25, -0.2) is 14.1 Å². The molecule has 5 N–H and O–H groups in total. The number of nitrogens with two attached hydrogens (primary N) is 1. The van der Waals surface area contributed by atoms with Gasteiger partial charge in [-0.15, -0.1) is 0 Å². The van der Waals surface area contributed by atoms with Gasteiger partial charge in [0.1, 0.15) is 48.1 Å². The van der Waals surface area contributed by atoms with Gasteiger partial charge in [0.2, 0.25) is 0 Å². The highest BCUT2D eigenvalue weighted by molar-refractivity contribution is 7.52. The summed E-state index contributed by atoms with van der Waals surface area (Å²) in [6.07, 6.45) is -1.89. The summed E-state index contributed by atoms with van der Waals surface area (Å²) >= 11 is 0. The number of rotatable bonds is 13. The standard InChI is InChI=1S/C30H38N5O8P/c1-4-19(5-2)15-40-30(38)18(3)34-44(39,43-24-12-8-10-20-9-6-7-11-21(20)24)41-16-25-26(36)27(37)28(42-25)22-13-14-23-29(31)32-17-33-35(22)23/h6-14,17-19,25-28,36-37H,4-5,15-16H2,1-3H3,(H,34,39)(H2,31,32,33)/t18-,25+,26+,27+,28-,44?/m0/s1. The SMILES string of the molecule is CCC(CC)COC(=O)[C@H](C)NP(=O)(OC[C@H]1O[C@@H](c2ccc3c(N)ncnn23)[C@H](O)[C@@H]1O)Oc1cccc2ccccc12. The van der Waals surface area contributed by atoms with Crippen LogP contribution in [0.15, 0.2) is 60.9 Å². The molecule has 6 atom stereocenters. The lowest BCUT2D eigenvalue weighted by Crippen LogP contribution is -2.37. The third kappa shape index (κ3) is 6.73. The highest BCUT2D eigenvalue weighted by Gasteiger charge is 2.46. The minimum Gasteiger partial charge on any atom is -0.464 e. The minimum absolute atomic E-state index is 0.210. The number of fused-ring (bicyclic) bond motifs is 2. The van der Waals surface area contributed by atoms with Crippen LogP contribution in [-0.2, 0) is 23.4 Å². The summed E-state index contributed by atoms with van der Waals surface area (Å²) in [5.41, 5.74) is 6.87. The predicted octanol–water partition coefficient (Wildman–Crippen LogP) is 3.79. The Morgan fingerprint density at radius 1 is 1.11 bits per heavy atom. The van der Waals surface area contributed by atoms with Crippen LogP contribution < -0.4 is 15.3 Å². The summed E-state index contributed by atoms with van der Waals surface area (Å²) in [5, 5.41) is 30.1. The molecule has 2 aromatic carbocycles. The number of ether oxygens (including phenoxy) is 2. The quantitative estimate of drug-likeness (QED) is 0.125. The Morgan fingerprint density at radius 3 is 2.64 bits per heavy atom. The van der Waals surface area contributed by atoms with Crippen LogP contribution in [0.5, 0.6) is 5.75 Å². The lowest BCUT2D eigenvalue weighted by Gasteiger charge is -2.25. The second-order valence-electron chi connectivity index (χ2n) is 10.8. The van der Waals surface area contributed by atoms with E-state index in [-0.39, 0.29) is 24.1 Å². The van der Waals surface area contributed by atoms with Crippen molar-refractivity contribution in [3.05, 3.63) is 66.6 Å². The van der Waals surface area contributed by atoms with Crippen molar-refractivity contribution in [2.75, 3.05) is 18.9 Å². The van der Waals surface area contributed by atoms with Gasteiger partial charge in [-0.1, -0.05) is 63.1 Å². The number of aliphatic hydroxyl groups is 2. The number of esters is 1. The summed E-state index contributed by atoms with van der Waals surface area (Å²) in [5.74, 6) is 0.0990. The first kappa shape index (κ1) is 31.8. The van der Waals surface area contributed by atoms with Crippen molar-refractivity contribution in [3.8, 4) is 5.75 Å². The minimum atomic E-state index is -4.31. The van der Waals surface area contributed by atoms with E-state index in [0.29, 0.717) is 16.6 Å². The molecule has 1 unspecified atom stereocenters. The van der Waals surface area contributed by atoms with E-state index in [2.05, 4.69) is 15.2 Å². The zero-order chi connectivity index (χ0) is 31.4. The number of nitrogens with one attached hydrogen (secondary N) is 1. The third-order valence-electron chi connectivity index (χ3n) is 7.86. The van der Waals surface area contributed by atoms with Crippen LogP contribution in [0.4, 0.5) is 5.82 Å². The van der Waals surface area contributed by atoms with E-state index in [9.17, 15) is 19.6 Å². The second kappa shape index (κ2) is 13.6. The number of aliphatic hydroxyl groups excluding tert-OH is 2. The van der Waals surface area contributed by atoms with Gasteiger partial charge in [0, 0.05) is 5.39 Å². The summed E-state index contributed by atoms with van der Waals surface area (Å²) in [4.78, 5) is 16.8. The number of benzene rings is 2. The Morgan fingerprint density at radius 2 is 1.86 bits per heavy atom. The molecule has 236 valence electrons. The molecule has 0 radical (unpaired) electrons. The number of carbonyl (C=O) groups excluding carboxylic acids is 1. The monoisotopic (exact) mass is 627 g/mol. The Kier molecular flexibility index (Phi) is 9.84. The van der Waals surface area contributed by atoms with Crippen molar-refractivity contribution in [1.29, 1.82) is 0 Å². The number of aromatic nitrogens is 3. The van der Waals surface area contributed by atoms with Crippen molar-refractivity contribution in [3.63, 3.8) is 0 Å². The molecule has 13 nitrogen and oxygen atoms in total. The van der Waals surface area contributed by atoms with Crippen LogP contribution in [0, 0.1) is 5.92 Å². The molecule has 0 aliphatic carbocycles. The topological polar surface area (TPSA) is 180 Å². The van der Waals surface area contributed by atoms with E-state index in [0.717, 1.165) is 18.2 Å². The molecule has 44 heavy (non-hydrogen) atoms. The zero-order valence-electron chi connectivity index (χ0n) is 24.8. The van der Waals surface area contributed by atoms with E-state index in [1.807, 2.05) is 44.2 Å². The molecule has 1 saturated heterocycles. The highest BCUT2D eigenvalue weighted by Crippen LogP contribution is 2.48. The van der Waals surface area contributed by atoms with Gasteiger partial charge in [0.15, 0.2) is 5.82 Å². The fourth-order valence-electron chi connectivity index (χ4n) is 5.12. The molecule has 3 heterocycles. The van der Waals surface area contributed by atoms with Crippen LogP contribution in [0.25, 0.3) is 16.3 Å². The first-order valence-electron chi connectivity index (χ1n) is 14.6. The number of nitrogens with zero attached hydrogens (tertiary/aromatic N) is 3. The van der Waals surface area contributed by atoms with E-state index >= 15 is 0 Å². The van der Waals surface area contributed by atoms with Crippen LogP contribution in [0.3, 0.4) is 0 Å². The van der Waals surface area contributed by atoms with Crippen molar-refractivity contribution in [2.24, 2.45) is 5.92 Å². The summed E-state index contributed by atoms with van der Waals surface area (Å²) < 4.78 is 39.0. The molecule has 14 heteroatoms. The summed E-state index contributed by atoms with van der Waals surface area (Å²) in [7, 11) is -4.31. The molecule has 0 spiro atoms. The maximum Gasteiger partial charge on any atom is 0.459 e. The first-order valence-corrected chi connectivity index (χ1v) is 16.1. The average molecular weight is 628 g/mol. The number of carbonyl (C=O) groups is 1. The third-order valence-corrected chi connectivity index (χ3v) is 9.49. The number of anilines is 1. The van der Waals surface area contributed by atoms with Crippen molar-refractivity contribution < 1.29 is 38.1 Å². The van der Waals surface area contributed by atoms with E-state index in [1.54, 1.807) is 24.3 Å². The number of nitrogen functional groups attached to an aromatic ring is 1. The largest absolute Gasteiger partial charge is 0.464 e. The van der Waals surface area contributed by atoms with Crippen LogP contribution >= 0.6 is 7.75 Å². The molecule has 2 aromatic heterocycles. The molecule has 1 fully saturated rings. The normalized spacial score (nSPS) is 22.3. The van der Waals surface area contributed by atoms with Gasteiger partial charge < -0.3 is 29.9 Å². The predicted molar refractivity (Wildman–Crippen MR) is 163 cm³/mol. The Labute approximate surface area is 254 Å². The highest BCUT2D eigenvalue weighted by atomic mass is 31.2. The Hall–Kier alpha value is -3.58. The number of hydrogen-bond donors (Lipinski definition) is 4. The molecule has 4 aromatic rings. The average Bonchev–Trinajstić information content (AvgIpc) is 3.57. The molecule has 0 saturated carbocycles. The molecule has 1 aliphatic rings. The maximum absolute atomic E-state index is 14.3. The zero-order valence-corrected chi connectivity index (χ0v) is 25.7. The van der Waals surface area contributed by atoms with Gasteiger partial charge in [0.05, 0.1) is 18.9 Å². The smallest absolute Gasteiger partial charge is 0.459 e. The lowest BCUT2D eigenvalue weighted by molar-refractivity contribution is -0.146. The fourth-order valence-corrected chi connectivity index (χ4v) is 6.65. The summed E-state index contributed by atoms with van der Waals surface area (Å²) in [6, 6.07) is 14.9. The van der Waals surface area contributed by atoms with Crippen molar-refractivity contribution in [2.45, 2.75) is 64.1 Å². The van der Waals surface area contributed by atoms with Crippen molar-refractivity contribution in [1.82, 2.24) is 19.7 Å². The molecule has 0 bridgehead atoms. The van der Waals surface area contributed by atoms with Gasteiger partial charge in [-0.05, 0) is 36.4 Å². The fraction of sp³-hybridized carbons (Fsp3) is 0.433. The molecule has 5 rings (SSSR count). The molecule has 0 amide bonds. The van der Waals surface area contributed by atoms with Gasteiger partial charge in [-0.2, -0.15) is 10.2 Å². The summed E-state index contributed by atoms with van der Waals surface area (Å²) in [6.45, 7) is 5.34. The number of hydrogen-bond acceptors (Lipinski definition) is 11. The first-order chi connectivity index (χ1) is 21.1. The second-order valence-corrected chi connectivity index (χ2v) is 12.5. The van der Waals surface area contributed by atoms with Crippen LogP contribution in [-0.4, -0.2) is 68.3 Å². The Bertz CT molecular complexity index is 1640. The Balaban J connectivity index is 1.35. The van der Waals surface area contributed by atoms with Crippen LogP contribution in [0.1, 0.15) is 45.4 Å². The van der Waals surface area contributed by atoms with Gasteiger partial charge in [0.25, 0.3) is 0 Å². The van der Waals surface area contributed by atoms with Gasteiger partial charge >= 0.3 is 13.7 Å². The molecule has 1 aliphatic heterocycles. The van der Waals surface area contributed by atoms with E-state index in [4.69, 9.17) is 24.3 Å². The molecular formula is C30H38N5O8P. The van der Waals surface area contributed by atoms with E-state index < -0.39 is 50.8 Å². The van der Waals surface area contributed by atoms with Crippen molar-refractivity contribution >= 4 is 35.8 Å². The van der Waals surface area contributed by atoms with Gasteiger partial charge in [-0.3, -0.25) is 9.32 Å². The van der Waals surface area contributed by atoms with E-state index in [1.165, 1.54) is 17.8 Å². The molecular weight excluding hydrogens is 589 g/mol. The van der Waals surface area contributed by atoms with Crippen LogP contribution in [0.2, 0.25) is 0 Å².